The zero-order valence-corrected chi connectivity index (χ0v) is 25.7. The molecule has 0 unspecified atom stereocenters. The van der Waals surface area contributed by atoms with Gasteiger partial charge in [0.1, 0.15) is 5.82 Å². The smallest absolute Gasteiger partial charge is 0.239 e. The molecule has 2 bridgehead atoms. The number of benzene rings is 5. The van der Waals surface area contributed by atoms with Crippen LogP contribution in [0.1, 0.15) is 22.3 Å². The lowest BCUT2D eigenvalue weighted by atomic mass is 9.59. The molecule has 0 radical (unpaired) electrons. The van der Waals surface area contributed by atoms with E-state index >= 15 is 4.79 Å². The van der Waals surface area contributed by atoms with E-state index in [4.69, 9.17) is 23.2 Å². The lowest BCUT2D eigenvalue weighted by molar-refractivity contribution is -0.130. The molecule has 0 N–H and O–H groups in total. The number of halogens is 3. The maximum atomic E-state index is 15.9. The zero-order chi connectivity index (χ0) is 31.8. The standard InChI is InChI=1S/C39H24Cl2FNO3/c40-27-15-11-25(12-16-27)38-31(23-7-3-1-4-8-23)32(24-9-5-2-6-10-24)39(37(38)46,26-13-17-28(41)18-14-26)34-33(38)35(44)43(36(34)45)30-21-19-29(42)20-22-30/h1-22,33-34H/t33-,34-,38-,39-/m0/s1. The van der Waals surface area contributed by atoms with Gasteiger partial charge in [-0.3, -0.25) is 14.4 Å². The average Bonchev–Trinajstić information content (AvgIpc) is 3.58. The van der Waals surface area contributed by atoms with Crippen molar-refractivity contribution in [3.05, 3.63) is 172 Å². The second-order valence-corrected chi connectivity index (χ2v) is 12.8. The van der Waals surface area contributed by atoms with Gasteiger partial charge in [0.2, 0.25) is 11.8 Å². The molecule has 46 heavy (non-hydrogen) atoms. The van der Waals surface area contributed by atoms with Crippen LogP contribution in [0.5, 0.6) is 0 Å². The summed E-state index contributed by atoms with van der Waals surface area (Å²) >= 11 is 12.8. The van der Waals surface area contributed by atoms with Crippen LogP contribution in [0, 0.1) is 17.7 Å². The minimum atomic E-state index is -1.57. The van der Waals surface area contributed by atoms with E-state index in [0.717, 1.165) is 16.0 Å². The van der Waals surface area contributed by atoms with E-state index in [-0.39, 0.29) is 11.5 Å². The molecule has 5 aromatic rings. The number of rotatable bonds is 5. The SMILES string of the molecule is O=C1[C@@H]2[C@@H](C(=O)N1c1ccc(F)cc1)[C@@]1(c3ccc(Cl)cc3)C(=O)[C@@]2(c2ccc(Cl)cc2)C(c2ccccc2)=C1c1ccccc1. The fourth-order valence-electron chi connectivity index (χ4n) is 8.20. The molecule has 1 saturated carbocycles. The normalized spacial score (nSPS) is 25.0. The Balaban J connectivity index is 1.56. The summed E-state index contributed by atoms with van der Waals surface area (Å²) < 4.78 is 14.0. The van der Waals surface area contributed by atoms with Crippen molar-refractivity contribution >= 4 is 57.6 Å². The Labute approximate surface area is 274 Å². The third-order valence-electron chi connectivity index (χ3n) is 9.80. The van der Waals surface area contributed by atoms with Gasteiger partial charge in [0, 0.05) is 10.0 Å². The summed E-state index contributed by atoms with van der Waals surface area (Å²) in [6.45, 7) is 0. The van der Waals surface area contributed by atoms with Crippen LogP contribution in [0.15, 0.2) is 133 Å². The third-order valence-corrected chi connectivity index (χ3v) is 10.3. The van der Waals surface area contributed by atoms with Crippen molar-refractivity contribution in [1.29, 1.82) is 0 Å². The first kappa shape index (κ1) is 28.6. The van der Waals surface area contributed by atoms with E-state index in [1.165, 1.54) is 24.3 Å². The fraction of sp³-hybridized carbons (Fsp3) is 0.103. The van der Waals surface area contributed by atoms with E-state index in [1.807, 2.05) is 60.7 Å². The molecule has 0 aromatic heterocycles. The molecule has 1 heterocycles. The first-order valence-corrected chi connectivity index (χ1v) is 15.6. The monoisotopic (exact) mass is 643 g/mol. The van der Waals surface area contributed by atoms with Crippen LogP contribution in [0.25, 0.3) is 11.1 Å². The maximum absolute atomic E-state index is 15.9. The van der Waals surface area contributed by atoms with Crippen LogP contribution in [0.4, 0.5) is 10.1 Å². The highest BCUT2D eigenvalue weighted by Crippen LogP contribution is 2.74. The van der Waals surface area contributed by atoms with Crippen LogP contribution in [-0.2, 0) is 25.2 Å². The topological polar surface area (TPSA) is 54.5 Å². The number of ketones is 1. The van der Waals surface area contributed by atoms with Crippen molar-refractivity contribution in [2.45, 2.75) is 10.8 Å². The molecule has 4 atom stereocenters. The summed E-state index contributed by atoms with van der Waals surface area (Å²) in [7, 11) is 0. The Morgan fingerprint density at radius 1 is 0.522 bits per heavy atom. The Morgan fingerprint density at radius 3 is 1.30 bits per heavy atom. The van der Waals surface area contributed by atoms with Gasteiger partial charge in [0.25, 0.3) is 0 Å². The second kappa shape index (κ2) is 10.3. The Bertz CT molecular complexity index is 1950. The first-order valence-electron chi connectivity index (χ1n) is 14.9. The summed E-state index contributed by atoms with van der Waals surface area (Å²) in [6.07, 6.45) is 0. The summed E-state index contributed by atoms with van der Waals surface area (Å²) in [5.74, 6) is -3.97. The molecule has 8 rings (SSSR count). The molecular formula is C39H24Cl2FNO3. The molecule has 1 saturated heterocycles. The Hall–Kier alpha value is -4.84. The maximum Gasteiger partial charge on any atom is 0.239 e. The van der Waals surface area contributed by atoms with Gasteiger partial charge in [0.15, 0.2) is 5.78 Å². The molecule has 7 heteroatoms. The van der Waals surface area contributed by atoms with Crippen LogP contribution < -0.4 is 4.90 Å². The van der Waals surface area contributed by atoms with Gasteiger partial charge >= 0.3 is 0 Å². The number of fused-ring (bicyclic) bond motifs is 5. The van der Waals surface area contributed by atoms with Gasteiger partial charge in [-0.2, -0.15) is 0 Å². The van der Waals surface area contributed by atoms with Gasteiger partial charge in [-0.1, -0.05) is 108 Å². The summed E-state index contributed by atoms with van der Waals surface area (Å²) in [4.78, 5) is 46.8. The molecule has 2 fully saturated rings. The van der Waals surface area contributed by atoms with Crippen molar-refractivity contribution < 1.29 is 18.8 Å². The highest BCUT2D eigenvalue weighted by molar-refractivity contribution is 6.39. The first-order chi connectivity index (χ1) is 22.3. The second-order valence-electron chi connectivity index (χ2n) is 11.9. The number of nitrogens with zero attached hydrogens (tertiary/aromatic N) is 1. The molecule has 5 aromatic carbocycles. The summed E-state index contributed by atoms with van der Waals surface area (Å²) in [6, 6.07) is 38.4. The molecule has 2 amide bonds. The van der Waals surface area contributed by atoms with Crippen LogP contribution in [0.3, 0.4) is 0 Å². The number of carbonyl (C=O) groups excluding carboxylic acids is 3. The highest BCUT2D eigenvalue weighted by Gasteiger charge is 2.82. The largest absolute Gasteiger partial charge is 0.297 e. The number of hydrogen-bond donors (Lipinski definition) is 0. The summed E-state index contributed by atoms with van der Waals surface area (Å²) in [5.41, 5.74) is 1.12. The van der Waals surface area contributed by atoms with Gasteiger partial charge in [0.05, 0.1) is 28.4 Å². The number of hydrogen-bond acceptors (Lipinski definition) is 3. The Kier molecular flexibility index (Phi) is 6.44. The highest BCUT2D eigenvalue weighted by atomic mass is 35.5. The van der Waals surface area contributed by atoms with E-state index in [9.17, 15) is 14.0 Å². The quantitative estimate of drug-likeness (QED) is 0.181. The molecular weight excluding hydrogens is 620 g/mol. The van der Waals surface area contributed by atoms with E-state index < -0.39 is 40.3 Å². The minimum Gasteiger partial charge on any atom is -0.297 e. The number of Topliss-reactive ketones (excluding diaryl/α,β-unsaturated/α-hetero) is 1. The van der Waals surface area contributed by atoms with Crippen molar-refractivity contribution in [2.24, 2.45) is 11.8 Å². The van der Waals surface area contributed by atoms with Crippen LogP contribution in [-0.4, -0.2) is 17.6 Å². The van der Waals surface area contributed by atoms with Crippen LogP contribution >= 0.6 is 23.2 Å². The molecule has 2 aliphatic carbocycles. The van der Waals surface area contributed by atoms with Gasteiger partial charge in [-0.15, -0.1) is 0 Å². The molecule has 3 aliphatic rings. The molecule has 4 nitrogen and oxygen atoms in total. The summed E-state index contributed by atoms with van der Waals surface area (Å²) in [5, 5.41) is 0.943. The number of anilines is 1. The molecule has 0 spiro atoms. The van der Waals surface area contributed by atoms with E-state index in [2.05, 4.69) is 0 Å². The Morgan fingerprint density at radius 2 is 0.913 bits per heavy atom. The van der Waals surface area contributed by atoms with E-state index in [0.29, 0.717) is 32.3 Å². The number of amides is 2. The van der Waals surface area contributed by atoms with Gasteiger partial charge < -0.3 is 0 Å². The van der Waals surface area contributed by atoms with Gasteiger partial charge in [-0.05, 0) is 81.9 Å². The van der Waals surface area contributed by atoms with Crippen molar-refractivity contribution in [3.8, 4) is 0 Å². The van der Waals surface area contributed by atoms with E-state index in [1.54, 1.807) is 48.5 Å². The molecule has 224 valence electrons. The zero-order valence-electron chi connectivity index (χ0n) is 24.2. The fourth-order valence-corrected chi connectivity index (χ4v) is 8.45. The number of allylic oxidation sites excluding steroid dienone is 2. The lowest BCUT2D eigenvalue weighted by Crippen LogP contribution is -2.45. The van der Waals surface area contributed by atoms with Crippen molar-refractivity contribution in [2.75, 3.05) is 4.90 Å². The number of carbonyl (C=O) groups is 3. The van der Waals surface area contributed by atoms with Crippen LogP contribution in [0.2, 0.25) is 10.0 Å². The minimum absolute atomic E-state index is 0.248. The predicted octanol–water partition coefficient (Wildman–Crippen LogP) is 8.32. The lowest BCUT2D eigenvalue weighted by Gasteiger charge is -2.39. The van der Waals surface area contributed by atoms with Gasteiger partial charge in [-0.25, -0.2) is 9.29 Å². The molecule has 1 aliphatic heterocycles. The third kappa shape index (κ3) is 3.64. The predicted molar refractivity (Wildman–Crippen MR) is 177 cm³/mol. The average molecular weight is 645 g/mol. The number of imide groups is 1. The van der Waals surface area contributed by atoms with Crippen molar-refractivity contribution in [1.82, 2.24) is 0 Å². The van der Waals surface area contributed by atoms with Crippen molar-refractivity contribution in [3.63, 3.8) is 0 Å².